The molecule has 0 bridgehead atoms. The van der Waals surface area contributed by atoms with Crippen molar-refractivity contribution in [2.24, 2.45) is 0 Å². The van der Waals surface area contributed by atoms with Gasteiger partial charge in [-0.1, -0.05) is 12.1 Å². The van der Waals surface area contributed by atoms with Crippen LogP contribution in [0.5, 0.6) is 11.5 Å². The fraction of sp³-hybridized carbons (Fsp3) is 0.211. The summed E-state index contributed by atoms with van der Waals surface area (Å²) in [6.07, 6.45) is 3.70. The number of benzene rings is 2. The lowest BCUT2D eigenvalue weighted by atomic mass is 9.98. The van der Waals surface area contributed by atoms with Gasteiger partial charge in [0.1, 0.15) is 17.3 Å². The van der Waals surface area contributed by atoms with E-state index in [0.717, 1.165) is 34.0 Å². The van der Waals surface area contributed by atoms with Crippen LogP contribution >= 0.6 is 0 Å². The lowest BCUT2D eigenvalue weighted by molar-refractivity contribution is 0.242. The summed E-state index contributed by atoms with van der Waals surface area (Å²) in [6, 6.07) is 14.1. The van der Waals surface area contributed by atoms with Gasteiger partial charge in [-0.25, -0.2) is 4.98 Å². The third kappa shape index (κ3) is 3.37. The Hall–Kier alpha value is -2.75. The number of ether oxygens (including phenoxy) is 2. The van der Waals surface area contributed by atoms with Crippen molar-refractivity contribution >= 4 is 0 Å². The Morgan fingerprint density at radius 1 is 1.00 bits per heavy atom. The second kappa shape index (κ2) is 6.57. The standard InChI is InChI=1S/C19H20N2O2/c1-13(2)23-16-7-8-17(14-5-4-6-15(11-14)22-3)18(12-16)19-20-9-10-21-19/h4-13H,1-3H3,(H,20,21). The number of nitrogens with one attached hydrogen (secondary N) is 1. The number of imidazole rings is 1. The maximum atomic E-state index is 5.82. The number of aromatic amines is 1. The molecule has 3 rings (SSSR count). The summed E-state index contributed by atoms with van der Waals surface area (Å²) in [5.41, 5.74) is 3.16. The average Bonchev–Trinajstić information content (AvgIpc) is 3.08. The minimum atomic E-state index is 0.127. The molecule has 23 heavy (non-hydrogen) atoms. The molecule has 1 N–H and O–H groups in total. The van der Waals surface area contributed by atoms with Crippen LogP contribution in [0.1, 0.15) is 13.8 Å². The van der Waals surface area contributed by atoms with Crippen molar-refractivity contribution < 1.29 is 9.47 Å². The minimum Gasteiger partial charge on any atom is -0.497 e. The molecule has 118 valence electrons. The van der Waals surface area contributed by atoms with Gasteiger partial charge in [0.15, 0.2) is 0 Å². The van der Waals surface area contributed by atoms with E-state index in [2.05, 4.69) is 22.1 Å². The van der Waals surface area contributed by atoms with Crippen molar-refractivity contribution in [3.05, 3.63) is 54.9 Å². The maximum absolute atomic E-state index is 5.82. The molecule has 3 aromatic rings. The molecule has 2 aromatic carbocycles. The summed E-state index contributed by atoms with van der Waals surface area (Å²) in [7, 11) is 1.67. The average molecular weight is 308 g/mol. The second-order valence-corrected chi connectivity index (χ2v) is 5.54. The molecule has 0 aliphatic carbocycles. The molecule has 0 aliphatic rings. The Bertz CT molecular complexity index is 780. The zero-order chi connectivity index (χ0) is 16.2. The Labute approximate surface area is 136 Å². The van der Waals surface area contributed by atoms with Crippen LogP contribution in [-0.4, -0.2) is 23.2 Å². The fourth-order valence-corrected chi connectivity index (χ4v) is 2.52. The molecule has 1 heterocycles. The molecule has 0 atom stereocenters. The highest BCUT2D eigenvalue weighted by Gasteiger charge is 2.12. The number of rotatable bonds is 5. The van der Waals surface area contributed by atoms with Crippen molar-refractivity contribution in [2.75, 3.05) is 7.11 Å². The topological polar surface area (TPSA) is 47.1 Å². The predicted octanol–water partition coefficient (Wildman–Crippen LogP) is 4.54. The maximum Gasteiger partial charge on any atom is 0.138 e. The lowest BCUT2D eigenvalue weighted by Crippen LogP contribution is -2.05. The third-order valence-electron chi connectivity index (χ3n) is 3.50. The van der Waals surface area contributed by atoms with E-state index in [1.807, 2.05) is 50.4 Å². The SMILES string of the molecule is COc1cccc(-c2ccc(OC(C)C)cc2-c2ncc[nH]2)c1. The smallest absolute Gasteiger partial charge is 0.138 e. The predicted molar refractivity (Wildman–Crippen MR) is 91.8 cm³/mol. The Kier molecular flexibility index (Phi) is 4.33. The first-order valence-electron chi connectivity index (χ1n) is 7.62. The van der Waals surface area contributed by atoms with Crippen LogP contribution in [0.15, 0.2) is 54.9 Å². The third-order valence-corrected chi connectivity index (χ3v) is 3.50. The molecule has 0 unspecified atom stereocenters. The highest BCUT2D eigenvalue weighted by molar-refractivity contribution is 5.82. The molecule has 0 saturated heterocycles. The van der Waals surface area contributed by atoms with Gasteiger partial charge in [-0.15, -0.1) is 0 Å². The molecule has 4 heteroatoms. The van der Waals surface area contributed by atoms with Gasteiger partial charge in [-0.05, 0) is 55.3 Å². The van der Waals surface area contributed by atoms with E-state index in [9.17, 15) is 0 Å². The van der Waals surface area contributed by atoms with Gasteiger partial charge in [-0.3, -0.25) is 0 Å². The van der Waals surface area contributed by atoms with Crippen LogP contribution in [0.25, 0.3) is 22.5 Å². The Morgan fingerprint density at radius 2 is 1.87 bits per heavy atom. The zero-order valence-corrected chi connectivity index (χ0v) is 13.5. The van der Waals surface area contributed by atoms with Crippen molar-refractivity contribution in [3.8, 4) is 34.0 Å². The molecule has 0 amide bonds. The minimum absolute atomic E-state index is 0.127. The molecule has 1 aromatic heterocycles. The lowest BCUT2D eigenvalue weighted by Gasteiger charge is -2.14. The van der Waals surface area contributed by atoms with Crippen LogP contribution in [0.4, 0.5) is 0 Å². The number of methoxy groups -OCH3 is 1. The number of aromatic nitrogens is 2. The number of nitrogens with zero attached hydrogens (tertiary/aromatic N) is 1. The Balaban J connectivity index is 2.11. The number of hydrogen-bond acceptors (Lipinski definition) is 3. The molecule has 4 nitrogen and oxygen atoms in total. The van der Waals surface area contributed by atoms with Crippen LogP contribution in [0, 0.1) is 0 Å². The van der Waals surface area contributed by atoms with Crippen molar-refractivity contribution in [2.45, 2.75) is 20.0 Å². The van der Waals surface area contributed by atoms with E-state index in [1.165, 1.54) is 0 Å². The van der Waals surface area contributed by atoms with Gasteiger partial charge >= 0.3 is 0 Å². The van der Waals surface area contributed by atoms with Gasteiger partial charge in [0.25, 0.3) is 0 Å². The van der Waals surface area contributed by atoms with Crippen LogP contribution in [0.2, 0.25) is 0 Å². The molecule has 0 aliphatic heterocycles. The molecular formula is C19H20N2O2. The van der Waals surface area contributed by atoms with Gasteiger partial charge in [0.2, 0.25) is 0 Å². The second-order valence-electron chi connectivity index (χ2n) is 5.54. The monoisotopic (exact) mass is 308 g/mol. The van der Waals surface area contributed by atoms with E-state index >= 15 is 0 Å². The number of H-pyrrole nitrogens is 1. The van der Waals surface area contributed by atoms with E-state index < -0.39 is 0 Å². The summed E-state index contributed by atoms with van der Waals surface area (Å²) < 4.78 is 11.2. The van der Waals surface area contributed by atoms with Crippen molar-refractivity contribution in [3.63, 3.8) is 0 Å². The van der Waals surface area contributed by atoms with Gasteiger partial charge in [0, 0.05) is 18.0 Å². The molecule has 0 saturated carbocycles. The quantitative estimate of drug-likeness (QED) is 0.752. The first kappa shape index (κ1) is 15.2. The van der Waals surface area contributed by atoms with Gasteiger partial charge in [0.05, 0.1) is 13.2 Å². The van der Waals surface area contributed by atoms with Gasteiger partial charge < -0.3 is 14.5 Å². The van der Waals surface area contributed by atoms with Crippen molar-refractivity contribution in [1.82, 2.24) is 9.97 Å². The summed E-state index contributed by atoms with van der Waals surface area (Å²) in [6.45, 7) is 4.03. The summed E-state index contributed by atoms with van der Waals surface area (Å²) in [5, 5.41) is 0. The highest BCUT2D eigenvalue weighted by Crippen LogP contribution is 2.35. The van der Waals surface area contributed by atoms with Crippen molar-refractivity contribution in [1.29, 1.82) is 0 Å². The highest BCUT2D eigenvalue weighted by atomic mass is 16.5. The fourth-order valence-electron chi connectivity index (χ4n) is 2.52. The summed E-state index contributed by atoms with van der Waals surface area (Å²) >= 11 is 0. The first-order valence-corrected chi connectivity index (χ1v) is 7.62. The molecule has 0 radical (unpaired) electrons. The van der Waals surface area contributed by atoms with E-state index in [4.69, 9.17) is 9.47 Å². The first-order chi connectivity index (χ1) is 11.2. The molecule has 0 fully saturated rings. The van der Waals surface area contributed by atoms with E-state index in [-0.39, 0.29) is 6.10 Å². The summed E-state index contributed by atoms with van der Waals surface area (Å²) in [4.78, 5) is 7.57. The molecule has 0 spiro atoms. The van der Waals surface area contributed by atoms with Crippen LogP contribution in [0.3, 0.4) is 0 Å². The van der Waals surface area contributed by atoms with Gasteiger partial charge in [-0.2, -0.15) is 0 Å². The largest absolute Gasteiger partial charge is 0.497 e. The normalized spacial score (nSPS) is 10.8. The zero-order valence-electron chi connectivity index (χ0n) is 13.5. The Morgan fingerprint density at radius 3 is 2.57 bits per heavy atom. The summed E-state index contributed by atoms with van der Waals surface area (Å²) in [5.74, 6) is 2.48. The molecular weight excluding hydrogens is 288 g/mol. The number of hydrogen-bond donors (Lipinski definition) is 1. The van der Waals surface area contributed by atoms with Crippen LogP contribution in [-0.2, 0) is 0 Å². The van der Waals surface area contributed by atoms with Crippen LogP contribution < -0.4 is 9.47 Å². The van der Waals surface area contributed by atoms with E-state index in [1.54, 1.807) is 13.3 Å². The van der Waals surface area contributed by atoms with E-state index in [0.29, 0.717) is 0 Å².